The lowest BCUT2D eigenvalue weighted by atomic mass is 10.0. The lowest BCUT2D eigenvalue weighted by Gasteiger charge is -2.30. The van der Waals surface area contributed by atoms with Crippen LogP contribution in [0.25, 0.3) is 0 Å². The number of hydrogen-bond acceptors (Lipinski definition) is 6. The predicted molar refractivity (Wildman–Crippen MR) is 81.2 cm³/mol. The van der Waals surface area contributed by atoms with Gasteiger partial charge in [-0.3, -0.25) is 14.9 Å². The summed E-state index contributed by atoms with van der Waals surface area (Å²) in [5, 5.41) is 10.6. The minimum atomic E-state index is -4.05. The molecule has 24 heavy (non-hydrogen) atoms. The van der Waals surface area contributed by atoms with Gasteiger partial charge >= 0.3 is 11.7 Å². The average molecular weight is 360 g/mol. The fourth-order valence-corrected chi connectivity index (χ4v) is 4.09. The quantitative estimate of drug-likeness (QED) is 0.449. The summed E-state index contributed by atoms with van der Waals surface area (Å²) in [6, 6.07) is 2.43. The van der Waals surface area contributed by atoms with Crippen molar-refractivity contribution < 1.29 is 27.3 Å². The maximum Gasteiger partial charge on any atom is 0.310 e. The van der Waals surface area contributed by atoms with E-state index in [4.69, 9.17) is 4.74 Å². The molecule has 1 aromatic carbocycles. The van der Waals surface area contributed by atoms with Gasteiger partial charge in [-0.2, -0.15) is 8.70 Å². The van der Waals surface area contributed by atoms with Gasteiger partial charge in [-0.1, -0.05) is 0 Å². The number of ether oxygens (including phenoxy) is 1. The van der Waals surface area contributed by atoms with Crippen molar-refractivity contribution in [3.63, 3.8) is 0 Å². The Labute approximate surface area is 138 Å². The second-order valence-electron chi connectivity index (χ2n) is 5.32. The van der Waals surface area contributed by atoms with Crippen molar-refractivity contribution in [2.24, 2.45) is 5.92 Å². The first-order valence-corrected chi connectivity index (χ1v) is 8.82. The first-order valence-electron chi connectivity index (χ1n) is 7.38. The third-order valence-electron chi connectivity index (χ3n) is 3.76. The molecule has 8 nitrogen and oxygen atoms in total. The first kappa shape index (κ1) is 18.3. The van der Waals surface area contributed by atoms with E-state index in [-0.39, 0.29) is 24.6 Å². The van der Waals surface area contributed by atoms with E-state index in [1.807, 2.05) is 0 Å². The summed E-state index contributed by atoms with van der Waals surface area (Å²) in [5.41, 5.74) is -0.794. The Balaban J connectivity index is 2.25. The molecule has 10 heteroatoms. The average Bonchev–Trinajstić information content (AvgIpc) is 2.54. The van der Waals surface area contributed by atoms with Crippen LogP contribution in [-0.2, 0) is 19.6 Å². The molecule has 0 saturated carbocycles. The van der Waals surface area contributed by atoms with E-state index in [2.05, 4.69) is 0 Å². The molecule has 1 saturated heterocycles. The van der Waals surface area contributed by atoms with E-state index >= 15 is 0 Å². The monoisotopic (exact) mass is 360 g/mol. The molecule has 1 fully saturated rings. The Kier molecular flexibility index (Phi) is 5.50. The molecule has 0 aliphatic carbocycles. The molecule has 0 bridgehead atoms. The molecule has 1 aromatic rings. The van der Waals surface area contributed by atoms with Crippen LogP contribution in [0.5, 0.6) is 0 Å². The van der Waals surface area contributed by atoms with Gasteiger partial charge in [-0.05, 0) is 25.8 Å². The number of halogens is 1. The van der Waals surface area contributed by atoms with Gasteiger partial charge in [0.1, 0.15) is 0 Å². The van der Waals surface area contributed by atoms with Crippen LogP contribution in [0.15, 0.2) is 23.1 Å². The highest BCUT2D eigenvalue weighted by atomic mass is 32.2. The number of carbonyl (C=O) groups is 1. The van der Waals surface area contributed by atoms with Gasteiger partial charge in [-0.25, -0.2) is 8.42 Å². The number of esters is 1. The van der Waals surface area contributed by atoms with Crippen LogP contribution < -0.4 is 0 Å². The molecule has 0 radical (unpaired) electrons. The van der Waals surface area contributed by atoms with Crippen molar-refractivity contribution in [2.45, 2.75) is 24.7 Å². The van der Waals surface area contributed by atoms with Crippen LogP contribution in [0.4, 0.5) is 10.1 Å². The highest BCUT2D eigenvalue weighted by Crippen LogP contribution is 2.27. The number of hydrogen-bond donors (Lipinski definition) is 0. The Morgan fingerprint density at radius 3 is 2.79 bits per heavy atom. The van der Waals surface area contributed by atoms with Crippen molar-refractivity contribution in [3.05, 3.63) is 34.1 Å². The molecule has 0 aromatic heterocycles. The van der Waals surface area contributed by atoms with E-state index in [1.165, 1.54) is 0 Å². The molecule has 1 aliphatic rings. The van der Waals surface area contributed by atoms with Crippen LogP contribution in [0.2, 0.25) is 0 Å². The Morgan fingerprint density at radius 2 is 2.21 bits per heavy atom. The second-order valence-corrected chi connectivity index (χ2v) is 7.26. The molecule has 1 aliphatic heterocycles. The van der Waals surface area contributed by atoms with Crippen LogP contribution in [0, 0.1) is 21.8 Å². The van der Waals surface area contributed by atoms with E-state index in [0.29, 0.717) is 18.9 Å². The summed E-state index contributed by atoms with van der Waals surface area (Å²) in [6.07, 6.45) is 0.984. The molecular weight excluding hydrogens is 343 g/mol. The SMILES string of the molecule is CCOC(=O)C1CCCN(S(=O)(=O)c2ccc([N+](=O)[O-])c(F)c2)C1. The molecule has 132 valence electrons. The summed E-state index contributed by atoms with van der Waals surface area (Å²) >= 11 is 0. The molecule has 1 unspecified atom stereocenters. The molecule has 1 heterocycles. The largest absolute Gasteiger partial charge is 0.466 e. The number of benzene rings is 1. The van der Waals surface area contributed by atoms with Crippen LogP contribution >= 0.6 is 0 Å². The standard InChI is InChI=1S/C14H17FN2O6S/c1-2-23-14(18)10-4-3-7-16(9-10)24(21,22)11-5-6-13(17(19)20)12(15)8-11/h5-6,8,10H,2-4,7,9H2,1H3. The highest BCUT2D eigenvalue weighted by Gasteiger charge is 2.34. The number of piperidine rings is 1. The third kappa shape index (κ3) is 3.70. The molecular formula is C14H17FN2O6S. The molecule has 1 atom stereocenters. The Bertz CT molecular complexity index is 752. The third-order valence-corrected chi connectivity index (χ3v) is 5.62. The Hall–Kier alpha value is -2.07. The zero-order valence-corrected chi connectivity index (χ0v) is 13.8. The highest BCUT2D eigenvalue weighted by molar-refractivity contribution is 7.89. The zero-order valence-electron chi connectivity index (χ0n) is 13.0. The lowest BCUT2D eigenvalue weighted by molar-refractivity contribution is -0.387. The number of carbonyl (C=O) groups excluding carboxylic acids is 1. The summed E-state index contributed by atoms with van der Waals surface area (Å²) in [6.45, 7) is 2.00. The first-order chi connectivity index (χ1) is 11.3. The lowest BCUT2D eigenvalue weighted by Crippen LogP contribution is -2.42. The van der Waals surface area contributed by atoms with Crippen LogP contribution in [-0.4, -0.2) is 43.3 Å². The predicted octanol–water partition coefficient (Wildman–Crippen LogP) is 1.70. The molecule has 2 rings (SSSR count). The van der Waals surface area contributed by atoms with Crippen molar-refractivity contribution in [1.29, 1.82) is 0 Å². The smallest absolute Gasteiger partial charge is 0.310 e. The topological polar surface area (TPSA) is 107 Å². The van der Waals surface area contributed by atoms with Crippen LogP contribution in [0.3, 0.4) is 0 Å². The number of nitrogens with zero attached hydrogens (tertiary/aromatic N) is 2. The minimum absolute atomic E-state index is 0.0558. The fourth-order valence-electron chi connectivity index (χ4n) is 2.56. The van der Waals surface area contributed by atoms with Gasteiger partial charge in [0.15, 0.2) is 0 Å². The maximum atomic E-state index is 13.7. The fraction of sp³-hybridized carbons (Fsp3) is 0.500. The second kappa shape index (κ2) is 7.22. The Morgan fingerprint density at radius 1 is 1.50 bits per heavy atom. The van der Waals surface area contributed by atoms with Gasteiger partial charge in [0.25, 0.3) is 0 Å². The number of sulfonamides is 1. The molecule has 0 spiro atoms. The maximum absolute atomic E-state index is 13.7. The van der Waals surface area contributed by atoms with E-state index < -0.39 is 38.3 Å². The number of nitro groups is 1. The molecule has 0 amide bonds. The summed E-state index contributed by atoms with van der Waals surface area (Å²) < 4.78 is 44.9. The van der Waals surface area contributed by atoms with Crippen molar-refractivity contribution in [1.82, 2.24) is 4.31 Å². The number of nitro benzene ring substituents is 1. The summed E-state index contributed by atoms with van der Waals surface area (Å²) in [4.78, 5) is 21.1. The van der Waals surface area contributed by atoms with E-state index in [9.17, 15) is 27.7 Å². The van der Waals surface area contributed by atoms with Gasteiger partial charge in [0, 0.05) is 25.2 Å². The van der Waals surface area contributed by atoms with E-state index in [0.717, 1.165) is 16.4 Å². The van der Waals surface area contributed by atoms with Gasteiger partial charge in [0.2, 0.25) is 15.8 Å². The van der Waals surface area contributed by atoms with Gasteiger partial charge in [-0.15, -0.1) is 0 Å². The van der Waals surface area contributed by atoms with Crippen LogP contribution in [0.1, 0.15) is 19.8 Å². The molecule has 0 N–H and O–H groups in total. The van der Waals surface area contributed by atoms with Crippen molar-refractivity contribution >= 4 is 21.7 Å². The normalized spacial score (nSPS) is 19.0. The van der Waals surface area contributed by atoms with E-state index in [1.54, 1.807) is 6.92 Å². The minimum Gasteiger partial charge on any atom is -0.466 e. The number of rotatable bonds is 5. The van der Waals surface area contributed by atoms with Gasteiger partial charge < -0.3 is 4.74 Å². The van der Waals surface area contributed by atoms with Gasteiger partial charge in [0.05, 0.1) is 22.3 Å². The summed E-state index contributed by atoms with van der Waals surface area (Å²) in [7, 11) is -4.05. The summed E-state index contributed by atoms with van der Waals surface area (Å²) in [5.74, 6) is -2.26. The zero-order chi connectivity index (χ0) is 17.9. The van der Waals surface area contributed by atoms with Crippen molar-refractivity contribution in [2.75, 3.05) is 19.7 Å². The van der Waals surface area contributed by atoms with Crippen molar-refractivity contribution in [3.8, 4) is 0 Å².